The Morgan fingerprint density at radius 2 is 1.64 bits per heavy atom. The van der Waals surface area contributed by atoms with E-state index >= 15 is 0 Å². The van der Waals surface area contributed by atoms with Gasteiger partial charge in [-0.25, -0.2) is 9.97 Å². The van der Waals surface area contributed by atoms with Crippen LogP contribution in [0.15, 0.2) is 36.4 Å². The third-order valence-corrected chi connectivity index (χ3v) is 5.98. The Morgan fingerprint density at radius 1 is 0.929 bits per heavy atom. The summed E-state index contributed by atoms with van der Waals surface area (Å²) < 4.78 is 0. The lowest BCUT2D eigenvalue weighted by Crippen LogP contribution is -2.46. The normalized spacial score (nSPS) is 19.4. The Morgan fingerprint density at radius 3 is 2.36 bits per heavy atom. The molecule has 1 saturated heterocycles. The SMILES string of the molecule is Cc1nc(NC2CCCCCC2)cc(N2CCN(Cc3ccccc3)CC2)n1. The molecular weight excluding hydrogens is 346 g/mol. The average molecular weight is 380 g/mol. The fourth-order valence-corrected chi connectivity index (χ4v) is 4.40. The van der Waals surface area contributed by atoms with Gasteiger partial charge in [-0.05, 0) is 25.3 Å². The molecule has 1 aliphatic carbocycles. The van der Waals surface area contributed by atoms with Crippen molar-refractivity contribution >= 4 is 11.6 Å². The van der Waals surface area contributed by atoms with Gasteiger partial charge in [0.2, 0.25) is 0 Å². The lowest BCUT2D eigenvalue weighted by Gasteiger charge is -2.35. The Labute approximate surface area is 169 Å². The van der Waals surface area contributed by atoms with Crippen molar-refractivity contribution in [1.29, 1.82) is 0 Å². The van der Waals surface area contributed by atoms with E-state index in [1.165, 1.54) is 44.1 Å². The zero-order valence-corrected chi connectivity index (χ0v) is 17.1. The molecule has 4 rings (SSSR count). The summed E-state index contributed by atoms with van der Waals surface area (Å²) in [5, 5.41) is 3.69. The second kappa shape index (κ2) is 9.37. The number of aromatic nitrogens is 2. The number of rotatable bonds is 5. The minimum Gasteiger partial charge on any atom is -0.367 e. The molecular formula is C23H33N5. The van der Waals surface area contributed by atoms with Crippen molar-refractivity contribution in [3.63, 3.8) is 0 Å². The highest BCUT2D eigenvalue weighted by molar-refractivity contribution is 5.50. The van der Waals surface area contributed by atoms with Gasteiger partial charge in [-0.3, -0.25) is 4.90 Å². The Kier molecular flexibility index (Phi) is 6.42. The number of hydrogen-bond donors (Lipinski definition) is 1. The predicted molar refractivity (Wildman–Crippen MR) is 116 cm³/mol. The van der Waals surface area contributed by atoms with Crippen molar-refractivity contribution in [2.45, 2.75) is 58.0 Å². The van der Waals surface area contributed by atoms with Gasteiger partial charge in [0.1, 0.15) is 17.5 Å². The maximum absolute atomic E-state index is 4.73. The highest BCUT2D eigenvalue weighted by atomic mass is 15.3. The van der Waals surface area contributed by atoms with Gasteiger partial charge in [-0.2, -0.15) is 0 Å². The second-order valence-electron chi connectivity index (χ2n) is 8.24. The molecule has 2 heterocycles. The topological polar surface area (TPSA) is 44.3 Å². The molecule has 1 aliphatic heterocycles. The first-order valence-electron chi connectivity index (χ1n) is 10.9. The first-order valence-corrected chi connectivity index (χ1v) is 10.9. The van der Waals surface area contributed by atoms with Crippen molar-refractivity contribution in [3.8, 4) is 0 Å². The first-order chi connectivity index (χ1) is 13.8. The highest BCUT2D eigenvalue weighted by Gasteiger charge is 2.20. The van der Waals surface area contributed by atoms with Crippen molar-refractivity contribution < 1.29 is 0 Å². The summed E-state index contributed by atoms with van der Waals surface area (Å²) in [4.78, 5) is 14.3. The van der Waals surface area contributed by atoms with Crippen molar-refractivity contribution in [1.82, 2.24) is 14.9 Å². The fourth-order valence-electron chi connectivity index (χ4n) is 4.40. The lowest BCUT2D eigenvalue weighted by molar-refractivity contribution is 0.249. The van der Waals surface area contributed by atoms with Crippen molar-refractivity contribution in [3.05, 3.63) is 47.8 Å². The van der Waals surface area contributed by atoms with Gasteiger partial charge < -0.3 is 10.2 Å². The fraction of sp³-hybridized carbons (Fsp3) is 0.565. The number of aryl methyl sites for hydroxylation is 1. The van der Waals surface area contributed by atoms with Gasteiger partial charge in [-0.15, -0.1) is 0 Å². The van der Waals surface area contributed by atoms with Gasteiger partial charge >= 0.3 is 0 Å². The van der Waals surface area contributed by atoms with Gasteiger partial charge in [0.05, 0.1) is 0 Å². The van der Waals surface area contributed by atoms with E-state index in [4.69, 9.17) is 4.98 Å². The molecule has 28 heavy (non-hydrogen) atoms. The van der Waals surface area contributed by atoms with E-state index < -0.39 is 0 Å². The maximum Gasteiger partial charge on any atom is 0.134 e. The molecule has 1 saturated carbocycles. The molecule has 5 nitrogen and oxygen atoms in total. The second-order valence-corrected chi connectivity index (χ2v) is 8.24. The first kappa shape index (κ1) is 19.2. The Bertz CT molecular complexity index is 732. The molecule has 0 radical (unpaired) electrons. The molecule has 2 aliphatic rings. The zero-order chi connectivity index (χ0) is 19.2. The number of benzene rings is 1. The molecule has 0 unspecified atom stereocenters. The third kappa shape index (κ3) is 5.22. The van der Waals surface area contributed by atoms with E-state index in [1.54, 1.807) is 0 Å². The zero-order valence-electron chi connectivity index (χ0n) is 17.1. The molecule has 2 fully saturated rings. The quantitative estimate of drug-likeness (QED) is 0.787. The number of nitrogens with zero attached hydrogens (tertiary/aromatic N) is 4. The van der Waals surface area contributed by atoms with Crippen LogP contribution in [0.2, 0.25) is 0 Å². The van der Waals surface area contributed by atoms with E-state index in [-0.39, 0.29) is 0 Å². The van der Waals surface area contributed by atoms with Crippen LogP contribution in [0, 0.1) is 6.92 Å². The maximum atomic E-state index is 4.73. The number of anilines is 2. The molecule has 1 aromatic carbocycles. The van der Waals surface area contributed by atoms with Crippen molar-refractivity contribution in [2.75, 3.05) is 36.4 Å². The number of piperazine rings is 1. The van der Waals surface area contributed by atoms with Crippen LogP contribution in [0.25, 0.3) is 0 Å². The van der Waals surface area contributed by atoms with E-state index in [2.05, 4.69) is 56.5 Å². The summed E-state index contributed by atoms with van der Waals surface area (Å²) in [7, 11) is 0. The summed E-state index contributed by atoms with van der Waals surface area (Å²) in [5.74, 6) is 2.93. The monoisotopic (exact) mass is 379 g/mol. The Balaban J connectivity index is 1.36. The summed E-state index contributed by atoms with van der Waals surface area (Å²) in [6.07, 6.45) is 7.93. The number of hydrogen-bond acceptors (Lipinski definition) is 5. The van der Waals surface area contributed by atoms with Crippen LogP contribution in [0.5, 0.6) is 0 Å². The molecule has 0 bridgehead atoms. The van der Waals surface area contributed by atoms with Crippen LogP contribution in [0.4, 0.5) is 11.6 Å². The van der Waals surface area contributed by atoms with E-state index in [9.17, 15) is 0 Å². The third-order valence-electron chi connectivity index (χ3n) is 5.98. The molecule has 0 amide bonds. The van der Waals surface area contributed by atoms with Crippen LogP contribution in [-0.2, 0) is 6.54 Å². The average Bonchev–Trinajstić information content (AvgIpc) is 2.98. The Hall–Kier alpha value is -2.14. The van der Waals surface area contributed by atoms with E-state index in [0.717, 1.165) is 50.2 Å². The van der Waals surface area contributed by atoms with Crippen LogP contribution < -0.4 is 10.2 Å². The molecule has 1 N–H and O–H groups in total. The largest absolute Gasteiger partial charge is 0.367 e. The summed E-state index contributed by atoms with van der Waals surface area (Å²) in [6, 6.07) is 13.5. The van der Waals surface area contributed by atoms with Crippen LogP contribution in [0.1, 0.15) is 49.9 Å². The molecule has 1 aromatic heterocycles. The van der Waals surface area contributed by atoms with Gasteiger partial charge in [0, 0.05) is 44.8 Å². The van der Waals surface area contributed by atoms with Gasteiger partial charge in [-0.1, -0.05) is 56.0 Å². The molecule has 2 aromatic rings. The summed E-state index contributed by atoms with van der Waals surface area (Å²) in [6.45, 7) is 7.23. The van der Waals surface area contributed by atoms with Crippen LogP contribution >= 0.6 is 0 Å². The minimum atomic E-state index is 0.562. The molecule has 5 heteroatoms. The molecule has 150 valence electrons. The standard InChI is InChI=1S/C23H33N5/c1-19-24-22(26-21-11-7-2-3-8-12-21)17-23(25-19)28-15-13-27(14-16-28)18-20-9-5-4-6-10-20/h4-6,9-10,17,21H,2-3,7-8,11-16,18H2,1H3,(H,24,25,26). The minimum absolute atomic E-state index is 0.562. The van der Waals surface area contributed by atoms with E-state index in [0.29, 0.717) is 6.04 Å². The summed E-state index contributed by atoms with van der Waals surface area (Å²) >= 11 is 0. The summed E-state index contributed by atoms with van der Waals surface area (Å²) in [5.41, 5.74) is 1.39. The molecule has 0 spiro atoms. The lowest BCUT2D eigenvalue weighted by atomic mass is 10.1. The highest BCUT2D eigenvalue weighted by Crippen LogP contribution is 2.23. The van der Waals surface area contributed by atoms with Crippen LogP contribution in [0.3, 0.4) is 0 Å². The molecule has 0 atom stereocenters. The van der Waals surface area contributed by atoms with Crippen molar-refractivity contribution in [2.24, 2.45) is 0 Å². The smallest absolute Gasteiger partial charge is 0.134 e. The van der Waals surface area contributed by atoms with Crippen LogP contribution in [-0.4, -0.2) is 47.1 Å². The van der Waals surface area contributed by atoms with E-state index in [1.807, 2.05) is 6.92 Å². The number of nitrogens with one attached hydrogen (secondary N) is 1. The van der Waals surface area contributed by atoms with Gasteiger partial charge in [0.25, 0.3) is 0 Å². The predicted octanol–water partition coefficient (Wildman–Crippen LogP) is 4.24. The van der Waals surface area contributed by atoms with Gasteiger partial charge in [0.15, 0.2) is 0 Å².